The molecule has 0 aliphatic heterocycles. The maximum atomic E-state index is 13.2. The fraction of sp³-hybridized carbons (Fsp3) is 0.231. The number of nitrogens with one attached hydrogen (secondary N) is 1. The minimum absolute atomic E-state index is 0.313. The monoisotopic (exact) mass is 255 g/mol. The molecule has 1 N–H and O–H groups in total. The van der Waals surface area contributed by atoms with Gasteiger partial charge in [0.15, 0.2) is 17.5 Å². The zero-order valence-electron chi connectivity index (χ0n) is 9.71. The second-order valence-corrected chi connectivity index (χ2v) is 3.98. The van der Waals surface area contributed by atoms with Crippen molar-refractivity contribution in [3.63, 3.8) is 0 Å². The average Bonchev–Trinajstić information content (AvgIpc) is 2.85. The van der Waals surface area contributed by atoms with Crippen LogP contribution < -0.4 is 5.32 Å². The predicted octanol–water partition coefficient (Wildman–Crippen LogP) is 3.20. The molecule has 1 atom stereocenters. The highest BCUT2D eigenvalue weighted by Gasteiger charge is 2.17. The van der Waals surface area contributed by atoms with Crippen molar-refractivity contribution in [1.82, 2.24) is 5.32 Å². The fourth-order valence-corrected chi connectivity index (χ4v) is 1.81. The molecule has 0 saturated heterocycles. The van der Waals surface area contributed by atoms with E-state index in [1.54, 1.807) is 19.4 Å². The van der Waals surface area contributed by atoms with Gasteiger partial charge in [-0.25, -0.2) is 13.2 Å². The van der Waals surface area contributed by atoms with E-state index in [9.17, 15) is 13.2 Å². The largest absolute Gasteiger partial charge is 0.472 e. The van der Waals surface area contributed by atoms with Gasteiger partial charge in [-0.05, 0) is 42.8 Å². The Balaban J connectivity index is 2.27. The summed E-state index contributed by atoms with van der Waals surface area (Å²) in [5.41, 5.74) is 1.24. The first-order chi connectivity index (χ1) is 8.61. The first-order valence-electron chi connectivity index (χ1n) is 5.44. The van der Waals surface area contributed by atoms with Gasteiger partial charge in [0, 0.05) is 6.04 Å². The molecule has 2 aromatic rings. The number of likely N-dealkylation sites (N-methyl/N-ethyl adjacent to an activating group) is 1. The molecule has 0 bridgehead atoms. The molecule has 0 spiro atoms. The van der Waals surface area contributed by atoms with Gasteiger partial charge in [0.25, 0.3) is 0 Å². The van der Waals surface area contributed by atoms with Gasteiger partial charge in [-0.15, -0.1) is 0 Å². The highest BCUT2D eigenvalue weighted by atomic mass is 19.2. The van der Waals surface area contributed by atoms with Crippen LogP contribution in [-0.4, -0.2) is 7.05 Å². The second-order valence-electron chi connectivity index (χ2n) is 3.98. The molecule has 2 nitrogen and oxygen atoms in total. The Labute approximate surface area is 102 Å². The van der Waals surface area contributed by atoms with Crippen molar-refractivity contribution in [3.05, 3.63) is 59.3 Å². The molecule has 96 valence electrons. The van der Waals surface area contributed by atoms with E-state index in [1.807, 2.05) is 0 Å². The van der Waals surface area contributed by atoms with E-state index in [0.29, 0.717) is 12.0 Å². The lowest BCUT2D eigenvalue weighted by atomic mass is 10.0. The smallest absolute Gasteiger partial charge is 0.194 e. The number of furan rings is 1. The van der Waals surface area contributed by atoms with Gasteiger partial charge < -0.3 is 9.73 Å². The molecule has 0 fully saturated rings. The molecule has 0 saturated carbocycles. The van der Waals surface area contributed by atoms with E-state index >= 15 is 0 Å². The summed E-state index contributed by atoms with van der Waals surface area (Å²) in [4.78, 5) is 0. The lowest BCUT2D eigenvalue weighted by Crippen LogP contribution is -2.19. The third-order valence-corrected chi connectivity index (χ3v) is 2.78. The summed E-state index contributed by atoms with van der Waals surface area (Å²) in [6.45, 7) is 0. The van der Waals surface area contributed by atoms with E-state index in [4.69, 9.17) is 4.42 Å². The summed E-state index contributed by atoms with van der Waals surface area (Å²) < 4.78 is 44.1. The van der Waals surface area contributed by atoms with Gasteiger partial charge in [0.1, 0.15) is 0 Å². The first-order valence-corrected chi connectivity index (χ1v) is 5.44. The lowest BCUT2D eigenvalue weighted by molar-refractivity contribution is 0.441. The molecule has 1 aromatic heterocycles. The van der Waals surface area contributed by atoms with Crippen LogP contribution in [0.4, 0.5) is 13.2 Å². The van der Waals surface area contributed by atoms with Crippen LogP contribution >= 0.6 is 0 Å². The number of halogens is 3. The van der Waals surface area contributed by atoms with E-state index in [2.05, 4.69) is 5.32 Å². The van der Waals surface area contributed by atoms with Crippen LogP contribution in [0.15, 0.2) is 35.1 Å². The molecule has 1 heterocycles. The maximum absolute atomic E-state index is 13.2. The van der Waals surface area contributed by atoms with E-state index in [-0.39, 0.29) is 6.04 Å². The zero-order valence-corrected chi connectivity index (χ0v) is 9.71. The van der Waals surface area contributed by atoms with Crippen LogP contribution in [0.2, 0.25) is 0 Å². The van der Waals surface area contributed by atoms with Crippen molar-refractivity contribution in [1.29, 1.82) is 0 Å². The normalized spacial score (nSPS) is 12.7. The van der Waals surface area contributed by atoms with E-state index in [1.165, 1.54) is 6.26 Å². The molecule has 0 amide bonds. The number of hydrogen-bond donors (Lipinski definition) is 1. The Morgan fingerprint density at radius 3 is 2.39 bits per heavy atom. The zero-order chi connectivity index (χ0) is 13.1. The Kier molecular flexibility index (Phi) is 3.72. The minimum Gasteiger partial charge on any atom is -0.472 e. The van der Waals surface area contributed by atoms with Crippen LogP contribution in [0.1, 0.15) is 17.2 Å². The number of benzene rings is 1. The van der Waals surface area contributed by atoms with Crippen molar-refractivity contribution in [3.8, 4) is 0 Å². The van der Waals surface area contributed by atoms with Crippen LogP contribution in [0.25, 0.3) is 0 Å². The van der Waals surface area contributed by atoms with Crippen LogP contribution in [-0.2, 0) is 6.42 Å². The molecule has 1 unspecified atom stereocenters. The number of hydrogen-bond acceptors (Lipinski definition) is 2. The molecule has 1 aromatic carbocycles. The quantitative estimate of drug-likeness (QED) is 0.849. The molecular weight excluding hydrogens is 243 g/mol. The Hall–Kier alpha value is -1.75. The summed E-state index contributed by atoms with van der Waals surface area (Å²) in [5, 5.41) is 2.93. The van der Waals surface area contributed by atoms with Crippen molar-refractivity contribution < 1.29 is 17.6 Å². The number of rotatable bonds is 4. The SMILES string of the molecule is CNC(Cc1ccoc1)c1cc(F)c(F)c(F)c1. The molecule has 0 aliphatic rings. The minimum atomic E-state index is -1.45. The van der Waals surface area contributed by atoms with Gasteiger partial charge >= 0.3 is 0 Å². The van der Waals surface area contributed by atoms with E-state index < -0.39 is 17.5 Å². The van der Waals surface area contributed by atoms with Crippen molar-refractivity contribution in [2.45, 2.75) is 12.5 Å². The topological polar surface area (TPSA) is 25.2 Å². The van der Waals surface area contributed by atoms with Gasteiger partial charge in [0.05, 0.1) is 12.5 Å². The first kappa shape index (κ1) is 12.7. The molecular formula is C13H12F3NO. The Bertz CT molecular complexity index is 502. The van der Waals surface area contributed by atoms with Crippen molar-refractivity contribution in [2.24, 2.45) is 0 Å². The molecule has 0 radical (unpaired) electrons. The molecule has 0 aliphatic carbocycles. The van der Waals surface area contributed by atoms with Crippen molar-refractivity contribution >= 4 is 0 Å². The second kappa shape index (κ2) is 5.27. The summed E-state index contributed by atoms with van der Waals surface area (Å²) in [6.07, 6.45) is 3.58. The third kappa shape index (κ3) is 2.56. The predicted molar refractivity (Wildman–Crippen MR) is 60.5 cm³/mol. The molecule has 2 rings (SSSR count). The van der Waals surface area contributed by atoms with Crippen LogP contribution in [0, 0.1) is 17.5 Å². The third-order valence-electron chi connectivity index (χ3n) is 2.78. The van der Waals surface area contributed by atoms with Gasteiger partial charge in [-0.3, -0.25) is 0 Å². The fourth-order valence-electron chi connectivity index (χ4n) is 1.81. The highest BCUT2D eigenvalue weighted by molar-refractivity contribution is 5.24. The van der Waals surface area contributed by atoms with Gasteiger partial charge in [0.2, 0.25) is 0 Å². The standard InChI is InChI=1S/C13H12F3NO/c1-17-12(4-8-2-3-18-7-8)9-5-10(14)13(16)11(15)6-9/h2-3,5-7,12,17H,4H2,1H3. The van der Waals surface area contributed by atoms with Crippen LogP contribution in [0.3, 0.4) is 0 Å². The van der Waals surface area contributed by atoms with Gasteiger partial charge in [-0.1, -0.05) is 0 Å². The maximum Gasteiger partial charge on any atom is 0.194 e. The lowest BCUT2D eigenvalue weighted by Gasteiger charge is -2.16. The summed E-state index contributed by atoms with van der Waals surface area (Å²) in [6, 6.07) is 3.45. The summed E-state index contributed by atoms with van der Waals surface area (Å²) in [7, 11) is 1.67. The molecule has 18 heavy (non-hydrogen) atoms. The van der Waals surface area contributed by atoms with Crippen molar-refractivity contribution in [2.75, 3.05) is 7.05 Å². The summed E-state index contributed by atoms with van der Waals surface area (Å²) in [5.74, 6) is -3.81. The van der Waals surface area contributed by atoms with E-state index in [0.717, 1.165) is 17.7 Å². The Morgan fingerprint density at radius 1 is 1.22 bits per heavy atom. The highest BCUT2D eigenvalue weighted by Crippen LogP contribution is 2.22. The Morgan fingerprint density at radius 2 is 1.89 bits per heavy atom. The van der Waals surface area contributed by atoms with Crippen LogP contribution in [0.5, 0.6) is 0 Å². The van der Waals surface area contributed by atoms with Gasteiger partial charge in [-0.2, -0.15) is 0 Å². The summed E-state index contributed by atoms with van der Waals surface area (Å²) >= 11 is 0. The molecule has 5 heteroatoms. The average molecular weight is 255 g/mol.